The number of aliphatic hydroxyl groups is 1. The molecule has 0 fully saturated rings. The van der Waals surface area contributed by atoms with E-state index < -0.39 is 6.10 Å². The average molecular weight is 268 g/mol. The third kappa shape index (κ3) is 2.42. The molecule has 102 valence electrons. The van der Waals surface area contributed by atoms with Gasteiger partial charge in [-0.1, -0.05) is 54.5 Å². The molecule has 0 amide bonds. The molecule has 0 aliphatic rings. The molecule has 3 rings (SSSR count). The number of aromatic nitrogens is 2. The Morgan fingerprint density at radius 2 is 1.95 bits per heavy atom. The van der Waals surface area contributed by atoms with Crippen LogP contribution in [0, 0.1) is 0 Å². The van der Waals surface area contributed by atoms with Gasteiger partial charge in [0.05, 0.1) is 12.5 Å². The lowest BCUT2D eigenvalue weighted by molar-refractivity contribution is 0.158. The molecule has 0 saturated carbocycles. The molecular weight excluding hydrogens is 252 g/mol. The van der Waals surface area contributed by atoms with E-state index in [1.165, 1.54) is 0 Å². The molecule has 3 aromatic rings. The van der Waals surface area contributed by atoms with E-state index in [1.54, 1.807) is 0 Å². The molecule has 1 unspecified atom stereocenters. The lowest BCUT2D eigenvalue weighted by Gasteiger charge is -2.02. The number of rotatable bonds is 4. The van der Waals surface area contributed by atoms with Crippen LogP contribution in [0.4, 0.5) is 0 Å². The summed E-state index contributed by atoms with van der Waals surface area (Å²) >= 11 is 0. The maximum Gasteiger partial charge on any atom is 0.229 e. The molecule has 0 aliphatic heterocycles. The molecule has 2 aromatic carbocycles. The molecule has 4 heteroatoms. The van der Waals surface area contributed by atoms with Crippen LogP contribution in [0.25, 0.3) is 22.2 Å². The number of nitrogens with zero attached hydrogens (tertiary/aromatic N) is 2. The first-order valence-corrected chi connectivity index (χ1v) is 6.76. The first-order valence-electron chi connectivity index (χ1n) is 6.76. The Kier molecular flexibility index (Phi) is 3.48. The fourth-order valence-corrected chi connectivity index (χ4v) is 2.21. The minimum atomic E-state index is -0.434. The van der Waals surface area contributed by atoms with Crippen LogP contribution in [-0.4, -0.2) is 21.4 Å². The Morgan fingerprint density at radius 3 is 2.80 bits per heavy atom. The van der Waals surface area contributed by atoms with Crippen molar-refractivity contribution in [3.05, 3.63) is 48.4 Å². The normalized spacial score (nSPS) is 12.7. The molecule has 1 atom stereocenters. The molecule has 0 bridgehead atoms. The summed E-state index contributed by atoms with van der Waals surface area (Å²) in [5.41, 5.74) is 0.948. The first kappa shape index (κ1) is 12.8. The maximum absolute atomic E-state index is 9.64. The maximum atomic E-state index is 9.64. The van der Waals surface area contributed by atoms with E-state index in [9.17, 15) is 5.11 Å². The predicted octanol–water partition coefficient (Wildman–Crippen LogP) is 3.20. The smallest absolute Gasteiger partial charge is 0.229 e. The van der Waals surface area contributed by atoms with Crippen LogP contribution < -0.4 is 0 Å². The number of aliphatic hydroxyl groups excluding tert-OH is 1. The summed E-state index contributed by atoms with van der Waals surface area (Å²) in [4.78, 5) is 4.38. The van der Waals surface area contributed by atoms with Gasteiger partial charge in [-0.25, -0.2) is 0 Å². The zero-order valence-corrected chi connectivity index (χ0v) is 11.3. The standard InChI is InChI=1S/C16H16N2O2/c1-2-12(19)10-15-17-16(18-20-15)14-9-5-7-11-6-3-4-8-13(11)14/h3-9,12,19H,2,10H2,1H3. The van der Waals surface area contributed by atoms with Crippen LogP contribution in [-0.2, 0) is 6.42 Å². The Labute approximate surface area is 117 Å². The van der Waals surface area contributed by atoms with Crippen molar-refractivity contribution in [3.8, 4) is 11.4 Å². The number of benzene rings is 2. The van der Waals surface area contributed by atoms with Gasteiger partial charge in [-0.2, -0.15) is 4.98 Å². The number of fused-ring (bicyclic) bond motifs is 1. The first-order chi connectivity index (χ1) is 9.78. The van der Waals surface area contributed by atoms with E-state index in [0.29, 0.717) is 24.6 Å². The number of hydrogen-bond acceptors (Lipinski definition) is 4. The van der Waals surface area contributed by atoms with E-state index in [4.69, 9.17) is 4.52 Å². The fourth-order valence-electron chi connectivity index (χ4n) is 2.21. The van der Waals surface area contributed by atoms with Gasteiger partial charge in [-0.15, -0.1) is 0 Å². The Hall–Kier alpha value is -2.20. The van der Waals surface area contributed by atoms with Crippen LogP contribution in [0.5, 0.6) is 0 Å². The zero-order chi connectivity index (χ0) is 13.9. The lowest BCUT2D eigenvalue weighted by atomic mass is 10.0. The van der Waals surface area contributed by atoms with Gasteiger partial charge in [0.15, 0.2) is 0 Å². The summed E-state index contributed by atoms with van der Waals surface area (Å²) in [5.74, 6) is 1.04. The second kappa shape index (κ2) is 5.43. The van der Waals surface area contributed by atoms with Gasteiger partial charge in [0.25, 0.3) is 0 Å². The zero-order valence-electron chi connectivity index (χ0n) is 11.3. The Bertz CT molecular complexity index is 716. The molecule has 0 saturated heterocycles. The van der Waals surface area contributed by atoms with Gasteiger partial charge in [0, 0.05) is 5.56 Å². The van der Waals surface area contributed by atoms with Crippen molar-refractivity contribution in [2.75, 3.05) is 0 Å². The highest BCUT2D eigenvalue weighted by Crippen LogP contribution is 2.26. The van der Waals surface area contributed by atoms with Crippen LogP contribution >= 0.6 is 0 Å². The highest BCUT2D eigenvalue weighted by Gasteiger charge is 2.13. The van der Waals surface area contributed by atoms with Gasteiger partial charge >= 0.3 is 0 Å². The van der Waals surface area contributed by atoms with Crippen LogP contribution in [0.3, 0.4) is 0 Å². The minimum Gasteiger partial charge on any atom is -0.393 e. The fraction of sp³-hybridized carbons (Fsp3) is 0.250. The molecule has 1 aromatic heterocycles. The third-order valence-electron chi connectivity index (χ3n) is 3.38. The van der Waals surface area contributed by atoms with E-state index >= 15 is 0 Å². The van der Waals surface area contributed by atoms with Crippen molar-refractivity contribution < 1.29 is 9.63 Å². The monoisotopic (exact) mass is 268 g/mol. The van der Waals surface area contributed by atoms with Crippen molar-refractivity contribution in [2.24, 2.45) is 0 Å². The molecule has 4 nitrogen and oxygen atoms in total. The Morgan fingerprint density at radius 1 is 1.15 bits per heavy atom. The van der Waals surface area contributed by atoms with Gasteiger partial charge in [-0.05, 0) is 17.2 Å². The van der Waals surface area contributed by atoms with Crippen LogP contribution in [0.15, 0.2) is 47.0 Å². The number of hydrogen-bond donors (Lipinski definition) is 1. The lowest BCUT2D eigenvalue weighted by Crippen LogP contribution is -2.08. The predicted molar refractivity (Wildman–Crippen MR) is 77.2 cm³/mol. The van der Waals surface area contributed by atoms with Crippen molar-refractivity contribution >= 4 is 10.8 Å². The van der Waals surface area contributed by atoms with Crippen molar-refractivity contribution in [3.63, 3.8) is 0 Å². The summed E-state index contributed by atoms with van der Waals surface area (Å²) in [6.07, 6.45) is 0.635. The van der Waals surface area contributed by atoms with Gasteiger partial charge in [0.1, 0.15) is 0 Å². The average Bonchev–Trinajstić information content (AvgIpc) is 2.94. The molecule has 1 heterocycles. The van der Waals surface area contributed by atoms with Crippen molar-refractivity contribution in [1.29, 1.82) is 0 Å². The second-order valence-electron chi connectivity index (χ2n) is 4.80. The molecule has 0 radical (unpaired) electrons. The topological polar surface area (TPSA) is 59.2 Å². The highest BCUT2D eigenvalue weighted by molar-refractivity contribution is 5.94. The SMILES string of the molecule is CCC(O)Cc1nc(-c2cccc3ccccc23)no1. The van der Waals surface area contributed by atoms with E-state index in [-0.39, 0.29) is 0 Å². The Balaban J connectivity index is 1.99. The summed E-state index contributed by atoms with van der Waals surface area (Å²) in [7, 11) is 0. The van der Waals surface area contributed by atoms with Crippen LogP contribution in [0.1, 0.15) is 19.2 Å². The van der Waals surface area contributed by atoms with Crippen molar-refractivity contribution in [1.82, 2.24) is 10.1 Å². The van der Waals surface area contributed by atoms with E-state index in [0.717, 1.165) is 16.3 Å². The molecule has 1 N–H and O–H groups in total. The summed E-state index contributed by atoms with van der Waals surface area (Å²) in [5, 5.41) is 15.9. The molecule has 20 heavy (non-hydrogen) atoms. The summed E-state index contributed by atoms with van der Waals surface area (Å²) < 4.78 is 5.22. The summed E-state index contributed by atoms with van der Waals surface area (Å²) in [6.45, 7) is 1.92. The van der Waals surface area contributed by atoms with Crippen molar-refractivity contribution in [2.45, 2.75) is 25.9 Å². The van der Waals surface area contributed by atoms with Crippen LogP contribution in [0.2, 0.25) is 0 Å². The van der Waals surface area contributed by atoms with E-state index in [1.807, 2.05) is 37.3 Å². The van der Waals surface area contributed by atoms with E-state index in [2.05, 4.69) is 22.3 Å². The minimum absolute atomic E-state index is 0.397. The quantitative estimate of drug-likeness (QED) is 0.789. The van der Waals surface area contributed by atoms with Gasteiger partial charge in [-0.3, -0.25) is 0 Å². The molecule has 0 aliphatic carbocycles. The highest BCUT2D eigenvalue weighted by atomic mass is 16.5. The second-order valence-corrected chi connectivity index (χ2v) is 4.80. The third-order valence-corrected chi connectivity index (χ3v) is 3.38. The summed E-state index contributed by atoms with van der Waals surface area (Å²) in [6, 6.07) is 14.1. The molecule has 0 spiro atoms. The van der Waals surface area contributed by atoms with Gasteiger partial charge in [0.2, 0.25) is 11.7 Å². The molecular formula is C16H16N2O2. The van der Waals surface area contributed by atoms with Gasteiger partial charge < -0.3 is 9.63 Å². The largest absolute Gasteiger partial charge is 0.393 e.